The van der Waals surface area contributed by atoms with Crippen molar-refractivity contribution < 1.29 is 10.0 Å². The van der Waals surface area contributed by atoms with E-state index >= 15 is 0 Å². The zero-order valence-corrected chi connectivity index (χ0v) is 14.4. The van der Waals surface area contributed by atoms with E-state index < -0.39 is 5.90 Å². The standard InChI is InChI=1S/C22H16N4O/c27-22(19-14-8-3-9-15-19)25-26-23-20(17-10-4-1-5-11-17)16-21(24-26)18-12-6-2-7-13-18/h1-16H. The summed E-state index contributed by atoms with van der Waals surface area (Å²) < 4.78 is 0. The predicted molar refractivity (Wildman–Crippen MR) is 101 cm³/mol. The van der Waals surface area contributed by atoms with Gasteiger partial charge in [-0.1, -0.05) is 91.0 Å². The molecule has 130 valence electrons. The minimum atomic E-state index is -0.398. The molecule has 5 heteroatoms. The molecular formula is C22H16N4O. The van der Waals surface area contributed by atoms with Crippen LogP contribution in [0.25, 0.3) is 22.5 Å². The second-order valence-corrected chi connectivity index (χ2v) is 5.89. The lowest BCUT2D eigenvalue weighted by Gasteiger charge is -2.05. The number of hydrogen-bond acceptors (Lipinski definition) is 4. The van der Waals surface area contributed by atoms with Crippen molar-refractivity contribution in [3.05, 3.63) is 103 Å². The lowest BCUT2D eigenvalue weighted by molar-refractivity contribution is -0.792. The molecule has 0 aliphatic rings. The van der Waals surface area contributed by atoms with Gasteiger partial charge in [-0.3, -0.25) is 0 Å². The van der Waals surface area contributed by atoms with Gasteiger partial charge in [-0.05, 0) is 5.56 Å². The van der Waals surface area contributed by atoms with Crippen molar-refractivity contribution in [2.24, 2.45) is 5.10 Å². The monoisotopic (exact) mass is 352 g/mol. The Balaban J connectivity index is 1.84. The summed E-state index contributed by atoms with van der Waals surface area (Å²) in [5.41, 5.74) is 3.71. The highest BCUT2D eigenvalue weighted by Crippen LogP contribution is 2.21. The van der Waals surface area contributed by atoms with E-state index in [1.54, 1.807) is 24.3 Å². The van der Waals surface area contributed by atoms with Crippen LogP contribution < -0.4 is 10.0 Å². The van der Waals surface area contributed by atoms with E-state index in [0.717, 1.165) is 16.0 Å². The third-order valence-corrected chi connectivity index (χ3v) is 4.01. The van der Waals surface area contributed by atoms with Crippen molar-refractivity contribution in [2.75, 3.05) is 0 Å². The molecule has 1 heterocycles. The van der Waals surface area contributed by atoms with Gasteiger partial charge in [0.1, 0.15) is 11.4 Å². The number of nitrogens with zero attached hydrogens (tertiary/aromatic N) is 4. The topological polar surface area (TPSA) is 65.1 Å². The number of benzene rings is 3. The van der Waals surface area contributed by atoms with Gasteiger partial charge in [-0.2, -0.15) is 0 Å². The van der Waals surface area contributed by atoms with Gasteiger partial charge in [0, 0.05) is 22.3 Å². The molecule has 0 N–H and O–H groups in total. The van der Waals surface area contributed by atoms with E-state index in [2.05, 4.69) is 15.3 Å². The first-order valence-corrected chi connectivity index (χ1v) is 8.53. The molecule has 0 radical (unpaired) electrons. The summed E-state index contributed by atoms with van der Waals surface area (Å²) in [5, 5.41) is 25.3. The fourth-order valence-corrected chi connectivity index (χ4v) is 2.67. The highest BCUT2D eigenvalue weighted by atomic mass is 16.3. The van der Waals surface area contributed by atoms with Gasteiger partial charge in [0.25, 0.3) is 0 Å². The number of rotatable bonds is 4. The second-order valence-electron chi connectivity index (χ2n) is 5.89. The Morgan fingerprint density at radius 1 is 0.667 bits per heavy atom. The SMILES string of the molecule is [O-]/C(=N\[n+]1nc(-c2ccccc2)cc(-c2ccccc2)n1)c1ccccc1. The first-order valence-electron chi connectivity index (χ1n) is 8.53. The summed E-state index contributed by atoms with van der Waals surface area (Å²) in [7, 11) is 0. The van der Waals surface area contributed by atoms with E-state index in [1.807, 2.05) is 72.8 Å². The molecular weight excluding hydrogens is 336 g/mol. The van der Waals surface area contributed by atoms with Crippen LogP contribution in [0.3, 0.4) is 0 Å². The van der Waals surface area contributed by atoms with E-state index in [9.17, 15) is 5.11 Å². The zero-order chi connectivity index (χ0) is 18.5. The second kappa shape index (κ2) is 7.58. The van der Waals surface area contributed by atoms with Crippen LogP contribution in [0.1, 0.15) is 5.56 Å². The minimum absolute atomic E-state index is 0.398. The summed E-state index contributed by atoms with van der Waals surface area (Å²) in [5.74, 6) is -0.398. The Kier molecular flexibility index (Phi) is 4.66. The molecule has 0 bridgehead atoms. The summed E-state index contributed by atoms with van der Waals surface area (Å²) >= 11 is 0. The summed E-state index contributed by atoms with van der Waals surface area (Å²) in [6.45, 7) is 0. The maximum absolute atomic E-state index is 12.4. The van der Waals surface area contributed by atoms with E-state index in [1.165, 1.54) is 0 Å². The first kappa shape index (κ1) is 16.6. The Hall–Kier alpha value is -3.86. The van der Waals surface area contributed by atoms with Crippen LogP contribution in [0.15, 0.2) is 102 Å². The molecule has 0 unspecified atom stereocenters. The Labute approximate surface area is 156 Å². The molecule has 0 fully saturated rings. The average Bonchev–Trinajstić information content (AvgIpc) is 2.75. The molecule has 0 aliphatic heterocycles. The van der Waals surface area contributed by atoms with Crippen LogP contribution in [0.5, 0.6) is 0 Å². The lowest BCUT2D eigenvalue weighted by Crippen LogP contribution is -2.41. The molecule has 0 amide bonds. The molecule has 0 saturated carbocycles. The van der Waals surface area contributed by atoms with Gasteiger partial charge in [0.2, 0.25) is 0 Å². The number of hydrogen-bond donors (Lipinski definition) is 0. The average molecular weight is 352 g/mol. The van der Waals surface area contributed by atoms with E-state index in [0.29, 0.717) is 17.0 Å². The van der Waals surface area contributed by atoms with Crippen LogP contribution in [-0.2, 0) is 0 Å². The van der Waals surface area contributed by atoms with E-state index in [-0.39, 0.29) is 0 Å². The quantitative estimate of drug-likeness (QED) is 0.322. The third-order valence-electron chi connectivity index (χ3n) is 4.01. The van der Waals surface area contributed by atoms with Crippen LogP contribution in [0, 0.1) is 0 Å². The van der Waals surface area contributed by atoms with Crippen molar-refractivity contribution in [1.29, 1.82) is 0 Å². The Bertz CT molecular complexity index is 1010. The van der Waals surface area contributed by atoms with Crippen molar-refractivity contribution >= 4 is 5.90 Å². The van der Waals surface area contributed by atoms with Crippen LogP contribution in [-0.4, -0.2) is 16.1 Å². The maximum Gasteiger partial charge on any atom is 0.182 e. The van der Waals surface area contributed by atoms with Crippen molar-refractivity contribution in [1.82, 2.24) is 10.2 Å². The maximum atomic E-state index is 12.4. The predicted octanol–water partition coefficient (Wildman–Crippen LogP) is 2.67. The molecule has 4 aromatic rings. The van der Waals surface area contributed by atoms with Crippen LogP contribution >= 0.6 is 0 Å². The van der Waals surface area contributed by atoms with Crippen molar-refractivity contribution in [3.8, 4) is 22.5 Å². The van der Waals surface area contributed by atoms with Crippen molar-refractivity contribution in [3.63, 3.8) is 0 Å². The minimum Gasteiger partial charge on any atom is -0.854 e. The van der Waals surface area contributed by atoms with Gasteiger partial charge in [-0.25, -0.2) is 0 Å². The Morgan fingerprint density at radius 3 is 1.59 bits per heavy atom. The first-order chi connectivity index (χ1) is 13.3. The molecule has 1 aromatic heterocycles. The van der Waals surface area contributed by atoms with Gasteiger partial charge >= 0.3 is 0 Å². The van der Waals surface area contributed by atoms with Gasteiger partial charge in [-0.15, -0.1) is 0 Å². The molecule has 5 nitrogen and oxygen atoms in total. The molecule has 0 spiro atoms. The summed E-state index contributed by atoms with van der Waals surface area (Å²) in [6, 6.07) is 30.2. The smallest absolute Gasteiger partial charge is 0.182 e. The largest absolute Gasteiger partial charge is 0.854 e. The third kappa shape index (κ3) is 3.88. The van der Waals surface area contributed by atoms with Gasteiger partial charge in [0.15, 0.2) is 4.91 Å². The fraction of sp³-hybridized carbons (Fsp3) is 0. The summed E-state index contributed by atoms with van der Waals surface area (Å²) in [4.78, 5) is 1.11. The highest BCUT2D eigenvalue weighted by Gasteiger charge is 2.15. The molecule has 27 heavy (non-hydrogen) atoms. The molecule has 4 rings (SSSR count). The Morgan fingerprint density at radius 2 is 1.11 bits per heavy atom. The van der Waals surface area contributed by atoms with Gasteiger partial charge < -0.3 is 5.11 Å². The van der Waals surface area contributed by atoms with Crippen molar-refractivity contribution in [2.45, 2.75) is 0 Å². The van der Waals surface area contributed by atoms with Gasteiger partial charge in [0.05, 0.1) is 16.1 Å². The van der Waals surface area contributed by atoms with Crippen LogP contribution in [0.2, 0.25) is 0 Å². The molecule has 3 aromatic carbocycles. The molecule has 0 saturated heterocycles. The lowest BCUT2D eigenvalue weighted by atomic mass is 10.1. The van der Waals surface area contributed by atoms with E-state index in [4.69, 9.17) is 0 Å². The normalized spacial score (nSPS) is 11.3. The fourth-order valence-electron chi connectivity index (χ4n) is 2.67. The molecule has 0 atom stereocenters. The zero-order valence-electron chi connectivity index (χ0n) is 14.4. The van der Waals surface area contributed by atoms with Crippen LogP contribution in [0.4, 0.5) is 0 Å². The highest BCUT2D eigenvalue weighted by molar-refractivity contribution is 5.89. The molecule has 0 aliphatic carbocycles. The number of aromatic nitrogens is 3. The summed E-state index contributed by atoms with van der Waals surface area (Å²) in [6.07, 6.45) is 0.